The molecule has 2 atom stereocenters. The van der Waals surface area contributed by atoms with E-state index in [2.05, 4.69) is 36.3 Å². The highest BCUT2D eigenvalue weighted by Crippen LogP contribution is 2.23. The molecule has 1 heterocycles. The van der Waals surface area contributed by atoms with Gasteiger partial charge in [-0.1, -0.05) is 24.3 Å². The molecule has 0 aliphatic carbocycles. The summed E-state index contributed by atoms with van der Waals surface area (Å²) < 4.78 is 1.97. The summed E-state index contributed by atoms with van der Waals surface area (Å²) in [6.07, 6.45) is 5.44. The van der Waals surface area contributed by atoms with Crippen molar-refractivity contribution in [2.24, 2.45) is 0 Å². The molecule has 6 nitrogen and oxygen atoms in total. The summed E-state index contributed by atoms with van der Waals surface area (Å²) >= 11 is 0. The number of imidazole rings is 1. The molecule has 3 rings (SSSR count). The van der Waals surface area contributed by atoms with Gasteiger partial charge in [0.2, 0.25) is 0 Å². The first-order valence-corrected chi connectivity index (χ1v) is 8.13. The Hall–Kier alpha value is -2.99. The third-order valence-electron chi connectivity index (χ3n) is 4.28. The van der Waals surface area contributed by atoms with Gasteiger partial charge in [0.25, 0.3) is 5.69 Å². The number of nitro groups is 1. The van der Waals surface area contributed by atoms with Gasteiger partial charge in [0, 0.05) is 42.3 Å². The Labute approximate surface area is 146 Å². The highest BCUT2D eigenvalue weighted by molar-refractivity contribution is 5.37. The molecule has 0 fully saturated rings. The van der Waals surface area contributed by atoms with Crippen molar-refractivity contribution in [3.63, 3.8) is 0 Å². The molecular formula is C19H20N4O2. The number of rotatable bonds is 6. The van der Waals surface area contributed by atoms with Crippen LogP contribution in [0.15, 0.2) is 67.3 Å². The minimum absolute atomic E-state index is 0.0766. The average Bonchev–Trinajstić information content (AvgIpc) is 3.16. The summed E-state index contributed by atoms with van der Waals surface area (Å²) in [5.74, 6) is 0. The van der Waals surface area contributed by atoms with Gasteiger partial charge in [-0.05, 0) is 37.1 Å². The summed E-state index contributed by atoms with van der Waals surface area (Å²) in [5.41, 5.74) is 3.35. The second kappa shape index (κ2) is 7.27. The summed E-state index contributed by atoms with van der Waals surface area (Å²) in [5, 5.41) is 14.3. The Morgan fingerprint density at radius 1 is 1.08 bits per heavy atom. The van der Waals surface area contributed by atoms with Gasteiger partial charge in [0.15, 0.2) is 0 Å². The van der Waals surface area contributed by atoms with E-state index in [0.717, 1.165) is 11.3 Å². The zero-order valence-electron chi connectivity index (χ0n) is 14.2. The molecule has 2 aromatic carbocycles. The van der Waals surface area contributed by atoms with Crippen LogP contribution in [-0.2, 0) is 0 Å². The van der Waals surface area contributed by atoms with Crippen LogP contribution in [0.3, 0.4) is 0 Å². The predicted molar refractivity (Wildman–Crippen MR) is 96.6 cm³/mol. The lowest BCUT2D eigenvalue weighted by atomic mass is 10.0. The van der Waals surface area contributed by atoms with Gasteiger partial charge in [-0.15, -0.1) is 0 Å². The van der Waals surface area contributed by atoms with Crippen LogP contribution < -0.4 is 5.32 Å². The Balaban J connectivity index is 1.72. The van der Waals surface area contributed by atoms with Crippen LogP contribution in [0.2, 0.25) is 0 Å². The van der Waals surface area contributed by atoms with Gasteiger partial charge in [-0.25, -0.2) is 4.98 Å². The number of non-ortho nitro benzene ring substituents is 1. The SMILES string of the molecule is CC(NC(C)c1cccc(-n2ccnc2)c1)c1ccc([N+](=O)[O-])cc1. The first-order valence-electron chi connectivity index (χ1n) is 8.13. The maximum Gasteiger partial charge on any atom is 0.269 e. The van der Waals surface area contributed by atoms with E-state index in [0.29, 0.717) is 0 Å². The van der Waals surface area contributed by atoms with Gasteiger partial charge in [-0.3, -0.25) is 10.1 Å². The monoisotopic (exact) mass is 336 g/mol. The van der Waals surface area contributed by atoms with E-state index in [9.17, 15) is 10.1 Å². The third kappa shape index (κ3) is 3.92. The zero-order chi connectivity index (χ0) is 17.8. The number of nitro benzene ring substituents is 1. The number of hydrogen-bond acceptors (Lipinski definition) is 4. The van der Waals surface area contributed by atoms with Crippen molar-refractivity contribution in [2.45, 2.75) is 25.9 Å². The molecule has 1 aromatic heterocycles. The first kappa shape index (κ1) is 16.9. The lowest BCUT2D eigenvalue weighted by molar-refractivity contribution is -0.384. The van der Waals surface area contributed by atoms with Crippen molar-refractivity contribution in [2.75, 3.05) is 0 Å². The largest absolute Gasteiger partial charge is 0.306 e. The van der Waals surface area contributed by atoms with Crippen LogP contribution in [0.4, 0.5) is 5.69 Å². The molecule has 128 valence electrons. The van der Waals surface area contributed by atoms with E-state index >= 15 is 0 Å². The maximum atomic E-state index is 10.8. The highest BCUT2D eigenvalue weighted by atomic mass is 16.6. The molecule has 0 saturated carbocycles. The number of hydrogen-bond donors (Lipinski definition) is 1. The fourth-order valence-corrected chi connectivity index (χ4v) is 2.82. The van der Waals surface area contributed by atoms with Gasteiger partial charge in [-0.2, -0.15) is 0 Å². The van der Waals surface area contributed by atoms with Crippen LogP contribution in [0.5, 0.6) is 0 Å². The quantitative estimate of drug-likeness (QED) is 0.541. The molecule has 0 spiro atoms. The van der Waals surface area contributed by atoms with Crippen LogP contribution in [0, 0.1) is 10.1 Å². The standard InChI is InChI=1S/C19H20N4O2/c1-14(16-6-8-18(9-7-16)23(24)25)21-15(2)17-4-3-5-19(12-17)22-11-10-20-13-22/h3-15,21H,1-2H3. The summed E-state index contributed by atoms with van der Waals surface area (Å²) in [7, 11) is 0. The minimum atomic E-state index is -0.383. The second-order valence-corrected chi connectivity index (χ2v) is 6.02. The van der Waals surface area contributed by atoms with E-state index in [4.69, 9.17) is 0 Å². The highest BCUT2D eigenvalue weighted by Gasteiger charge is 2.13. The molecule has 3 aromatic rings. The molecule has 1 N–H and O–H groups in total. The first-order chi connectivity index (χ1) is 12.0. The van der Waals surface area contributed by atoms with E-state index in [1.807, 2.05) is 22.9 Å². The van der Waals surface area contributed by atoms with Crippen molar-refractivity contribution >= 4 is 5.69 Å². The van der Waals surface area contributed by atoms with Crippen LogP contribution in [0.25, 0.3) is 5.69 Å². The number of benzene rings is 2. The Bertz CT molecular complexity index is 844. The predicted octanol–water partition coefficient (Wildman–Crippen LogP) is 4.19. The van der Waals surface area contributed by atoms with E-state index < -0.39 is 0 Å². The molecule has 25 heavy (non-hydrogen) atoms. The normalized spacial score (nSPS) is 13.4. The molecule has 0 aliphatic heterocycles. The molecule has 2 unspecified atom stereocenters. The number of aromatic nitrogens is 2. The van der Waals surface area contributed by atoms with Gasteiger partial charge >= 0.3 is 0 Å². The Morgan fingerprint density at radius 2 is 1.80 bits per heavy atom. The molecule has 0 radical (unpaired) electrons. The molecule has 6 heteroatoms. The van der Waals surface area contributed by atoms with Crippen LogP contribution in [-0.4, -0.2) is 14.5 Å². The lowest BCUT2D eigenvalue weighted by Crippen LogP contribution is -2.22. The van der Waals surface area contributed by atoms with Crippen molar-refractivity contribution in [1.82, 2.24) is 14.9 Å². The zero-order valence-corrected chi connectivity index (χ0v) is 14.2. The fraction of sp³-hybridized carbons (Fsp3) is 0.211. The van der Waals surface area contributed by atoms with Gasteiger partial charge < -0.3 is 9.88 Å². The van der Waals surface area contributed by atoms with Crippen molar-refractivity contribution < 1.29 is 4.92 Å². The number of nitrogens with zero attached hydrogens (tertiary/aromatic N) is 3. The van der Waals surface area contributed by atoms with Gasteiger partial charge in [0.1, 0.15) is 0 Å². The number of nitrogens with one attached hydrogen (secondary N) is 1. The van der Waals surface area contributed by atoms with Crippen LogP contribution in [0.1, 0.15) is 37.1 Å². The molecule has 0 bridgehead atoms. The van der Waals surface area contributed by atoms with Crippen molar-refractivity contribution in [1.29, 1.82) is 0 Å². The van der Waals surface area contributed by atoms with Crippen LogP contribution >= 0.6 is 0 Å². The second-order valence-electron chi connectivity index (χ2n) is 6.02. The molecule has 0 saturated heterocycles. The fourth-order valence-electron chi connectivity index (χ4n) is 2.82. The molecule has 0 amide bonds. The smallest absolute Gasteiger partial charge is 0.269 e. The van der Waals surface area contributed by atoms with E-state index in [-0.39, 0.29) is 22.7 Å². The summed E-state index contributed by atoms with van der Waals surface area (Å²) in [6, 6.07) is 15.2. The van der Waals surface area contributed by atoms with Crippen molar-refractivity contribution in [3.8, 4) is 5.69 Å². The molecule has 0 aliphatic rings. The molecular weight excluding hydrogens is 316 g/mol. The summed E-state index contributed by atoms with van der Waals surface area (Å²) in [4.78, 5) is 14.5. The lowest BCUT2D eigenvalue weighted by Gasteiger charge is -2.21. The van der Waals surface area contributed by atoms with E-state index in [1.54, 1.807) is 24.7 Å². The maximum absolute atomic E-state index is 10.8. The third-order valence-corrected chi connectivity index (χ3v) is 4.28. The Kier molecular flexibility index (Phi) is 4.90. The van der Waals surface area contributed by atoms with Crippen molar-refractivity contribution in [3.05, 3.63) is 88.5 Å². The average molecular weight is 336 g/mol. The van der Waals surface area contributed by atoms with E-state index in [1.165, 1.54) is 17.7 Å². The minimum Gasteiger partial charge on any atom is -0.306 e. The topological polar surface area (TPSA) is 73.0 Å². The Morgan fingerprint density at radius 3 is 2.44 bits per heavy atom. The summed E-state index contributed by atoms with van der Waals surface area (Å²) in [6.45, 7) is 4.16. The van der Waals surface area contributed by atoms with Gasteiger partial charge in [0.05, 0.1) is 11.3 Å².